The van der Waals surface area contributed by atoms with E-state index in [0.717, 1.165) is 10.5 Å². The highest BCUT2D eigenvalue weighted by Gasteiger charge is 2.04. The zero-order valence-electron chi connectivity index (χ0n) is 8.50. The molecule has 1 rings (SSSR count). The molecule has 15 heavy (non-hydrogen) atoms. The normalized spacial score (nSPS) is 10.3. The fraction of sp³-hybridized carbons (Fsp3) is 0.364. The minimum Gasteiger partial charge on any atom is -0.481 e. The van der Waals surface area contributed by atoms with Crippen molar-refractivity contribution in [3.05, 3.63) is 29.6 Å². The first-order valence-corrected chi connectivity index (χ1v) is 5.90. The number of carboxylic acids is 1. The number of carboxylic acid groups (broad SMARTS) is 1. The highest BCUT2D eigenvalue weighted by Crippen LogP contribution is 2.22. The van der Waals surface area contributed by atoms with Crippen molar-refractivity contribution in [3.63, 3.8) is 0 Å². The molecule has 0 aliphatic heterocycles. The van der Waals surface area contributed by atoms with Crippen LogP contribution in [0, 0.1) is 5.82 Å². The summed E-state index contributed by atoms with van der Waals surface area (Å²) in [7, 11) is 0. The van der Waals surface area contributed by atoms with E-state index >= 15 is 0 Å². The lowest BCUT2D eigenvalue weighted by Gasteiger charge is -2.06. The minimum atomic E-state index is -0.808. The molecule has 0 aromatic heterocycles. The van der Waals surface area contributed by atoms with Crippen LogP contribution in [0.25, 0.3) is 0 Å². The first kappa shape index (κ1) is 12.0. The highest BCUT2D eigenvalue weighted by atomic mass is 32.2. The zero-order valence-corrected chi connectivity index (χ0v) is 9.31. The van der Waals surface area contributed by atoms with E-state index in [1.165, 1.54) is 12.1 Å². The number of aryl methyl sites for hydroxylation is 1. The third-order valence-electron chi connectivity index (χ3n) is 2.08. The Labute approximate surface area is 92.5 Å². The van der Waals surface area contributed by atoms with Crippen LogP contribution in [0.5, 0.6) is 0 Å². The quantitative estimate of drug-likeness (QED) is 0.787. The number of thioether (sulfide) groups is 1. The van der Waals surface area contributed by atoms with Gasteiger partial charge in [-0.15, -0.1) is 11.8 Å². The van der Waals surface area contributed by atoms with Gasteiger partial charge in [0, 0.05) is 11.3 Å². The Kier molecular flexibility index (Phi) is 4.62. The van der Waals surface area contributed by atoms with Gasteiger partial charge in [0.1, 0.15) is 5.82 Å². The van der Waals surface area contributed by atoms with Gasteiger partial charge in [0.15, 0.2) is 0 Å². The number of halogens is 1. The number of benzene rings is 1. The Morgan fingerprint density at radius 2 is 2.27 bits per heavy atom. The summed E-state index contributed by atoms with van der Waals surface area (Å²) >= 11 is 1.55. The van der Waals surface area contributed by atoms with Crippen LogP contribution in [0.3, 0.4) is 0 Å². The van der Waals surface area contributed by atoms with Crippen molar-refractivity contribution in [1.29, 1.82) is 0 Å². The van der Waals surface area contributed by atoms with Gasteiger partial charge in [0.05, 0.1) is 0 Å². The van der Waals surface area contributed by atoms with Crippen LogP contribution in [-0.4, -0.2) is 17.3 Å². The molecule has 1 aromatic carbocycles. The molecule has 0 fully saturated rings. The molecule has 0 aliphatic rings. The number of hydrogen-bond donors (Lipinski definition) is 1. The molecule has 0 atom stereocenters. The first-order valence-electron chi connectivity index (χ1n) is 4.67. The minimum absolute atomic E-state index is 0.129. The molecule has 0 radical (unpaired) electrons. The third kappa shape index (κ3) is 3.91. The number of rotatable bonds is 5. The molecule has 0 heterocycles. The number of aliphatic carboxylic acids is 1. The zero-order chi connectivity index (χ0) is 11.3. The van der Waals surface area contributed by atoms with Gasteiger partial charge in [-0.25, -0.2) is 4.39 Å². The Morgan fingerprint density at radius 3 is 2.87 bits per heavy atom. The molecule has 0 saturated heterocycles. The lowest BCUT2D eigenvalue weighted by atomic mass is 10.1. The van der Waals surface area contributed by atoms with Gasteiger partial charge < -0.3 is 5.11 Å². The Morgan fingerprint density at radius 1 is 1.53 bits per heavy atom. The molecule has 0 amide bonds. The van der Waals surface area contributed by atoms with Crippen molar-refractivity contribution < 1.29 is 14.3 Å². The second-order valence-corrected chi connectivity index (χ2v) is 4.05. The van der Waals surface area contributed by atoms with Crippen molar-refractivity contribution in [2.75, 3.05) is 6.26 Å². The fourth-order valence-corrected chi connectivity index (χ4v) is 2.00. The summed E-state index contributed by atoms with van der Waals surface area (Å²) in [6.07, 6.45) is 3.21. The molecular weight excluding hydrogens is 215 g/mol. The van der Waals surface area contributed by atoms with Crippen LogP contribution in [0.15, 0.2) is 23.1 Å². The lowest BCUT2D eigenvalue weighted by molar-refractivity contribution is -0.137. The van der Waals surface area contributed by atoms with Crippen molar-refractivity contribution in [1.82, 2.24) is 0 Å². The van der Waals surface area contributed by atoms with Gasteiger partial charge in [-0.05, 0) is 42.9 Å². The summed E-state index contributed by atoms with van der Waals surface area (Å²) in [4.78, 5) is 11.3. The fourth-order valence-electron chi connectivity index (χ4n) is 1.37. The average molecular weight is 228 g/mol. The maximum absolute atomic E-state index is 12.9. The third-order valence-corrected chi connectivity index (χ3v) is 2.92. The van der Waals surface area contributed by atoms with Crippen LogP contribution in [0.1, 0.15) is 18.4 Å². The molecule has 0 saturated carbocycles. The molecule has 0 unspecified atom stereocenters. The van der Waals surface area contributed by atoms with Gasteiger partial charge >= 0.3 is 5.97 Å². The van der Waals surface area contributed by atoms with Gasteiger partial charge in [-0.3, -0.25) is 4.79 Å². The predicted molar refractivity (Wildman–Crippen MR) is 58.8 cm³/mol. The summed E-state index contributed by atoms with van der Waals surface area (Å²) in [6.45, 7) is 0. The standard InChI is InChI=1S/C11H13FO2S/c1-15-10-6-5-9(12)7-8(10)3-2-4-11(13)14/h5-7H,2-4H2,1H3,(H,13,14). The van der Waals surface area contributed by atoms with Crippen LogP contribution in [0.4, 0.5) is 4.39 Å². The topological polar surface area (TPSA) is 37.3 Å². The second kappa shape index (κ2) is 5.75. The number of carbonyl (C=O) groups is 1. The van der Waals surface area contributed by atoms with Crippen LogP contribution in [-0.2, 0) is 11.2 Å². The molecule has 1 N–H and O–H groups in total. The first-order chi connectivity index (χ1) is 7.13. The molecule has 82 valence electrons. The number of hydrogen-bond acceptors (Lipinski definition) is 2. The van der Waals surface area contributed by atoms with Crippen molar-refractivity contribution in [2.24, 2.45) is 0 Å². The van der Waals surface area contributed by atoms with Crippen LogP contribution < -0.4 is 0 Å². The maximum atomic E-state index is 12.9. The van der Waals surface area contributed by atoms with Gasteiger partial charge in [-0.1, -0.05) is 0 Å². The molecule has 4 heteroatoms. The SMILES string of the molecule is CSc1ccc(F)cc1CCCC(=O)O. The summed E-state index contributed by atoms with van der Waals surface area (Å²) in [5, 5.41) is 8.49. The van der Waals surface area contributed by atoms with E-state index in [1.807, 2.05) is 6.26 Å². The Hall–Kier alpha value is -1.03. The highest BCUT2D eigenvalue weighted by molar-refractivity contribution is 7.98. The van der Waals surface area contributed by atoms with Gasteiger partial charge in [0.2, 0.25) is 0 Å². The second-order valence-electron chi connectivity index (χ2n) is 3.20. The smallest absolute Gasteiger partial charge is 0.303 e. The largest absolute Gasteiger partial charge is 0.481 e. The summed E-state index contributed by atoms with van der Waals surface area (Å²) < 4.78 is 12.9. The summed E-state index contributed by atoms with van der Waals surface area (Å²) in [5.41, 5.74) is 0.892. The van der Waals surface area contributed by atoms with E-state index in [1.54, 1.807) is 17.8 Å². The molecule has 1 aromatic rings. The van der Waals surface area contributed by atoms with E-state index in [9.17, 15) is 9.18 Å². The van der Waals surface area contributed by atoms with E-state index in [-0.39, 0.29) is 12.2 Å². The van der Waals surface area contributed by atoms with Crippen molar-refractivity contribution in [2.45, 2.75) is 24.2 Å². The van der Waals surface area contributed by atoms with Gasteiger partial charge in [0.25, 0.3) is 0 Å². The van der Waals surface area contributed by atoms with Gasteiger partial charge in [-0.2, -0.15) is 0 Å². The summed E-state index contributed by atoms with van der Waals surface area (Å²) in [5.74, 6) is -1.07. The Balaban J connectivity index is 2.65. The van der Waals surface area contributed by atoms with Crippen molar-refractivity contribution >= 4 is 17.7 Å². The lowest BCUT2D eigenvalue weighted by Crippen LogP contribution is -1.97. The molecule has 0 bridgehead atoms. The van der Waals surface area contributed by atoms with E-state index < -0.39 is 5.97 Å². The predicted octanol–water partition coefficient (Wildman–Crippen LogP) is 2.95. The Bertz CT molecular complexity index is 352. The van der Waals surface area contributed by atoms with Crippen LogP contribution in [0.2, 0.25) is 0 Å². The average Bonchev–Trinajstić information content (AvgIpc) is 2.17. The summed E-state index contributed by atoms with van der Waals surface area (Å²) in [6, 6.07) is 4.64. The van der Waals surface area contributed by atoms with Crippen molar-refractivity contribution in [3.8, 4) is 0 Å². The molecular formula is C11H13FO2S. The van der Waals surface area contributed by atoms with E-state index in [0.29, 0.717) is 12.8 Å². The maximum Gasteiger partial charge on any atom is 0.303 e. The molecule has 0 aliphatic carbocycles. The molecule has 0 spiro atoms. The van der Waals surface area contributed by atoms with E-state index in [2.05, 4.69) is 0 Å². The van der Waals surface area contributed by atoms with E-state index in [4.69, 9.17) is 5.11 Å². The monoisotopic (exact) mass is 228 g/mol. The molecule has 2 nitrogen and oxygen atoms in total. The van der Waals surface area contributed by atoms with Crippen LogP contribution >= 0.6 is 11.8 Å².